The molecule has 3 rings (SSSR count). The molecule has 25 heavy (non-hydrogen) atoms. The molecule has 0 saturated carbocycles. The molecule has 8 heteroatoms. The molecular formula is C17H17N5O2S. The minimum absolute atomic E-state index is 0.315. The number of anilines is 1. The molecule has 7 nitrogen and oxygen atoms in total. The first kappa shape index (κ1) is 17.0. The van der Waals surface area contributed by atoms with Crippen molar-refractivity contribution in [3.8, 4) is 10.6 Å². The van der Waals surface area contributed by atoms with Crippen molar-refractivity contribution in [1.82, 2.24) is 20.5 Å². The molecule has 1 aromatic carbocycles. The van der Waals surface area contributed by atoms with Crippen molar-refractivity contribution >= 4 is 22.5 Å². The monoisotopic (exact) mass is 355 g/mol. The highest BCUT2D eigenvalue weighted by Crippen LogP contribution is 2.25. The maximum atomic E-state index is 12.3. The highest BCUT2D eigenvalue weighted by atomic mass is 32.1. The number of carbonyl (C=O) groups is 1. The van der Waals surface area contributed by atoms with Gasteiger partial charge in [0.05, 0.1) is 18.3 Å². The summed E-state index contributed by atoms with van der Waals surface area (Å²) in [5.41, 5.74) is 1.68. The summed E-state index contributed by atoms with van der Waals surface area (Å²) in [5.74, 6) is 0. The van der Waals surface area contributed by atoms with E-state index in [1.807, 2.05) is 48.5 Å². The lowest BCUT2D eigenvalue weighted by Crippen LogP contribution is -2.35. The Morgan fingerprint density at radius 1 is 1.16 bits per heavy atom. The Hall–Kier alpha value is -2.84. The van der Waals surface area contributed by atoms with Gasteiger partial charge in [-0.05, 0) is 12.1 Å². The Kier molecular flexibility index (Phi) is 5.65. The number of rotatable bonds is 6. The van der Waals surface area contributed by atoms with Crippen LogP contribution in [0.4, 0.5) is 9.93 Å². The smallest absolute Gasteiger partial charge is 0.321 e. The maximum Gasteiger partial charge on any atom is 0.321 e. The number of ether oxygens (including phenoxy) is 1. The lowest BCUT2D eigenvalue weighted by atomic mass is 10.2. The molecule has 2 heterocycles. The van der Waals surface area contributed by atoms with Crippen LogP contribution in [0.2, 0.25) is 0 Å². The van der Waals surface area contributed by atoms with Gasteiger partial charge in [-0.3, -0.25) is 10.3 Å². The Balaban J connectivity index is 1.65. The van der Waals surface area contributed by atoms with Gasteiger partial charge in [0, 0.05) is 18.9 Å². The second-order valence-electron chi connectivity index (χ2n) is 5.14. The van der Waals surface area contributed by atoms with E-state index in [9.17, 15) is 4.79 Å². The van der Waals surface area contributed by atoms with Gasteiger partial charge in [0.15, 0.2) is 0 Å². The van der Waals surface area contributed by atoms with Crippen LogP contribution in [-0.4, -0.2) is 34.9 Å². The number of pyridine rings is 1. The third-order valence-electron chi connectivity index (χ3n) is 3.35. The van der Waals surface area contributed by atoms with Crippen LogP contribution in [0.1, 0.15) is 11.7 Å². The number of aromatic nitrogens is 3. The van der Waals surface area contributed by atoms with Crippen molar-refractivity contribution in [2.24, 2.45) is 0 Å². The number of nitrogens with zero attached hydrogens (tertiary/aromatic N) is 3. The van der Waals surface area contributed by atoms with E-state index in [1.54, 1.807) is 13.3 Å². The van der Waals surface area contributed by atoms with Gasteiger partial charge in [0.2, 0.25) is 5.13 Å². The number of amides is 2. The van der Waals surface area contributed by atoms with Gasteiger partial charge >= 0.3 is 6.03 Å². The van der Waals surface area contributed by atoms with Crippen LogP contribution < -0.4 is 10.6 Å². The molecule has 1 atom stereocenters. The van der Waals surface area contributed by atoms with Crippen molar-refractivity contribution in [2.45, 2.75) is 6.04 Å². The molecule has 0 radical (unpaired) electrons. The molecule has 0 aliphatic carbocycles. The third-order valence-corrected chi connectivity index (χ3v) is 4.24. The van der Waals surface area contributed by atoms with E-state index in [2.05, 4.69) is 25.8 Å². The summed E-state index contributed by atoms with van der Waals surface area (Å²) in [7, 11) is 1.58. The Morgan fingerprint density at radius 3 is 2.68 bits per heavy atom. The fourth-order valence-electron chi connectivity index (χ4n) is 2.21. The van der Waals surface area contributed by atoms with Gasteiger partial charge in [-0.25, -0.2) is 4.79 Å². The second kappa shape index (κ2) is 8.32. The third kappa shape index (κ3) is 4.59. The number of carbonyl (C=O) groups excluding carboxylic acids is 1. The molecule has 3 aromatic rings. The fourth-order valence-corrected chi connectivity index (χ4v) is 2.96. The van der Waals surface area contributed by atoms with Crippen LogP contribution >= 0.6 is 11.3 Å². The van der Waals surface area contributed by atoms with Crippen molar-refractivity contribution in [2.75, 3.05) is 19.0 Å². The van der Waals surface area contributed by atoms with Crippen LogP contribution in [-0.2, 0) is 4.74 Å². The minimum atomic E-state index is -0.386. The molecule has 2 N–H and O–H groups in total. The Morgan fingerprint density at radius 2 is 1.96 bits per heavy atom. The summed E-state index contributed by atoms with van der Waals surface area (Å²) in [5, 5.41) is 14.8. The highest BCUT2D eigenvalue weighted by molar-refractivity contribution is 7.18. The van der Waals surface area contributed by atoms with E-state index in [0.717, 1.165) is 16.3 Å². The lowest BCUT2D eigenvalue weighted by molar-refractivity contribution is 0.166. The molecule has 128 valence electrons. The molecule has 0 saturated heterocycles. The fraction of sp³-hybridized carbons (Fsp3) is 0.176. The predicted molar refractivity (Wildman–Crippen MR) is 96.4 cm³/mol. The summed E-state index contributed by atoms with van der Waals surface area (Å²) >= 11 is 1.31. The van der Waals surface area contributed by atoms with Crippen LogP contribution in [0, 0.1) is 0 Å². The zero-order chi connectivity index (χ0) is 17.5. The van der Waals surface area contributed by atoms with Crippen molar-refractivity contribution in [3.05, 3.63) is 60.4 Å². The zero-order valence-electron chi connectivity index (χ0n) is 13.5. The first-order valence-corrected chi connectivity index (χ1v) is 8.44. The van der Waals surface area contributed by atoms with E-state index >= 15 is 0 Å². The van der Waals surface area contributed by atoms with Crippen LogP contribution in [0.25, 0.3) is 10.6 Å². The largest absolute Gasteiger partial charge is 0.382 e. The minimum Gasteiger partial charge on any atom is -0.382 e. The topological polar surface area (TPSA) is 89.0 Å². The van der Waals surface area contributed by atoms with Crippen LogP contribution in [0.5, 0.6) is 0 Å². The van der Waals surface area contributed by atoms with Crippen molar-refractivity contribution in [1.29, 1.82) is 0 Å². The molecule has 0 fully saturated rings. The first-order chi connectivity index (χ1) is 12.3. The van der Waals surface area contributed by atoms with E-state index in [-0.39, 0.29) is 12.1 Å². The highest BCUT2D eigenvalue weighted by Gasteiger charge is 2.17. The predicted octanol–water partition coefficient (Wildman–Crippen LogP) is 3.11. The van der Waals surface area contributed by atoms with Crippen molar-refractivity contribution < 1.29 is 9.53 Å². The van der Waals surface area contributed by atoms with Gasteiger partial charge < -0.3 is 10.1 Å². The number of hydrogen-bond donors (Lipinski definition) is 2. The molecule has 0 unspecified atom stereocenters. The van der Waals surface area contributed by atoms with E-state index in [0.29, 0.717) is 11.7 Å². The van der Waals surface area contributed by atoms with Gasteiger partial charge in [-0.2, -0.15) is 0 Å². The first-order valence-electron chi connectivity index (χ1n) is 7.62. The summed E-state index contributed by atoms with van der Waals surface area (Å²) in [4.78, 5) is 16.5. The maximum absolute atomic E-state index is 12.3. The average Bonchev–Trinajstić information content (AvgIpc) is 3.11. The van der Waals surface area contributed by atoms with Crippen molar-refractivity contribution in [3.63, 3.8) is 0 Å². The molecular weight excluding hydrogens is 338 g/mol. The van der Waals surface area contributed by atoms with Crippen LogP contribution in [0.15, 0.2) is 54.7 Å². The molecule has 0 aliphatic heterocycles. The average molecular weight is 355 g/mol. The van der Waals surface area contributed by atoms with E-state index in [1.165, 1.54) is 11.3 Å². The number of methoxy groups -OCH3 is 1. The summed E-state index contributed by atoms with van der Waals surface area (Å²) in [6.45, 7) is 0.315. The van der Waals surface area contributed by atoms with Gasteiger partial charge in [-0.1, -0.05) is 47.7 Å². The Bertz CT molecular complexity index is 810. The van der Waals surface area contributed by atoms with Gasteiger partial charge in [0.1, 0.15) is 5.01 Å². The zero-order valence-corrected chi connectivity index (χ0v) is 14.4. The molecule has 2 amide bonds. The number of benzene rings is 1. The standard InChI is InChI=1S/C17H17N5O2S/c1-24-11-14(13-9-5-6-10-18-13)19-16(23)20-17-22-21-15(25-17)12-7-3-2-4-8-12/h2-10,14H,11H2,1H3,(H2,19,20,22,23)/t14-/m1/s1. The van der Waals surface area contributed by atoms with E-state index in [4.69, 9.17) is 4.74 Å². The van der Waals surface area contributed by atoms with Crippen LogP contribution in [0.3, 0.4) is 0 Å². The normalized spacial score (nSPS) is 11.7. The molecule has 0 spiro atoms. The number of hydrogen-bond acceptors (Lipinski definition) is 6. The summed E-state index contributed by atoms with van der Waals surface area (Å²) in [6.07, 6.45) is 1.68. The quantitative estimate of drug-likeness (QED) is 0.709. The lowest BCUT2D eigenvalue weighted by Gasteiger charge is -2.17. The van der Waals surface area contributed by atoms with Gasteiger partial charge in [0.25, 0.3) is 0 Å². The molecule has 2 aromatic heterocycles. The molecule has 0 bridgehead atoms. The number of urea groups is 1. The SMILES string of the molecule is COC[C@@H](NC(=O)Nc1nnc(-c2ccccc2)s1)c1ccccn1. The Labute approximate surface area is 149 Å². The summed E-state index contributed by atoms with van der Waals surface area (Å²) < 4.78 is 5.16. The van der Waals surface area contributed by atoms with E-state index < -0.39 is 0 Å². The van der Waals surface area contributed by atoms with Gasteiger partial charge in [-0.15, -0.1) is 10.2 Å². The molecule has 0 aliphatic rings. The second-order valence-corrected chi connectivity index (χ2v) is 6.12. The number of nitrogens with one attached hydrogen (secondary N) is 2. The summed E-state index contributed by atoms with van der Waals surface area (Å²) in [6, 6.07) is 14.5.